The maximum absolute atomic E-state index is 13.0. The molecule has 0 unspecified atom stereocenters. The smallest absolute Gasteiger partial charge is 0.255 e. The SMILES string of the molecule is [C-]#[N+]c1cc(-c2ccc3ncc4ccc(=O)n(-c5ccc(S(C)(=O)=O)cc5)c4c3c2)ccc1Cl. The zero-order valence-corrected chi connectivity index (χ0v) is 19.4. The molecule has 8 heteroatoms. The standard InChI is InChI=1S/C26H16ClN3O3S/c1-28-24-14-17(3-10-22(24)27)16-4-11-23-21(13-16)26-18(15-29-23)5-12-25(31)30(26)19-6-8-20(9-7-19)34(2,32)33/h3-15H,2H3. The molecule has 5 rings (SSSR count). The first-order chi connectivity index (χ1) is 16.3. The van der Waals surface area contributed by atoms with Crippen LogP contribution in [-0.4, -0.2) is 24.2 Å². The van der Waals surface area contributed by atoms with Gasteiger partial charge in [-0.3, -0.25) is 14.3 Å². The van der Waals surface area contributed by atoms with Crippen LogP contribution in [0.25, 0.3) is 43.5 Å². The third-order valence-electron chi connectivity index (χ3n) is 5.64. The van der Waals surface area contributed by atoms with Crippen LogP contribution in [0.5, 0.6) is 0 Å². The molecule has 0 amide bonds. The van der Waals surface area contributed by atoms with Gasteiger partial charge in [0.15, 0.2) is 9.84 Å². The summed E-state index contributed by atoms with van der Waals surface area (Å²) in [6.45, 7) is 7.34. The van der Waals surface area contributed by atoms with E-state index in [1.54, 1.807) is 41.1 Å². The minimum atomic E-state index is -3.36. The minimum absolute atomic E-state index is 0.177. The van der Waals surface area contributed by atoms with Gasteiger partial charge in [-0.25, -0.2) is 13.3 Å². The molecule has 0 fully saturated rings. The van der Waals surface area contributed by atoms with Crippen molar-refractivity contribution in [1.82, 2.24) is 9.55 Å². The summed E-state index contributed by atoms with van der Waals surface area (Å²) in [6, 6.07) is 20.4. The Morgan fingerprint density at radius 1 is 0.941 bits per heavy atom. The van der Waals surface area contributed by atoms with Crippen LogP contribution in [0.15, 0.2) is 88.7 Å². The second kappa shape index (κ2) is 8.10. The molecule has 2 heterocycles. The normalized spacial score (nSPS) is 11.6. The number of benzene rings is 3. The van der Waals surface area contributed by atoms with Gasteiger partial charge in [-0.2, -0.15) is 0 Å². The Bertz CT molecular complexity index is 1820. The number of sulfone groups is 1. The Morgan fingerprint density at radius 2 is 1.65 bits per heavy atom. The molecule has 2 aromatic heterocycles. The van der Waals surface area contributed by atoms with Crippen molar-refractivity contribution in [3.8, 4) is 16.8 Å². The summed E-state index contributed by atoms with van der Waals surface area (Å²) in [6.07, 6.45) is 2.85. The lowest BCUT2D eigenvalue weighted by atomic mass is 10.0. The molecular weight excluding hydrogens is 470 g/mol. The van der Waals surface area contributed by atoms with Crippen molar-refractivity contribution in [2.24, 2.45) is 0 Å². The quantitative estimate of drug-likeness (QED) is 0.238. The van der Waals surface area contributed by atoms with E-state index in [1.165, 1.54) is 18.2 Å². The van der Waals surface area contributed by atoms with Crippen LogP contribution in [-0.2, 0) is 9.84 Å². The highest BCUT2D eigenvalue weighted by molar-refractivity contribution is 7.90. The number of hydrogen-bond donors (Lipinski definition) is 0. The van der Waals surface area contributed by atoms with Crippen LogP contribution in [0.3, 0.4) is 0 Å². The fourth-order valence-electron chi connectivity index (χ4n) is 3.97. The van der Waals surface area contributed by atoms with Crippen LogP contribution in [0.2, 0.25) is 5.02 Å². The summed E-state index contributed by atoms with van der Waals surface area (Å²) in [7, 11) is -3.36. The zero-order valence-electron chi connectivity index (χ0n) is 17.9. The lowest BCUT2D eigenvalue weighted by Gasteiger charge is -2.14. The lowest BCUT2D eigenvalue weighted by Crippen LogP contribution is -2.17. The molecular formula is C26H16ClN3O3S. The number of hydrogen-bond acceptors (Lipinski definition) is 4. The van der Waals surface area contributed by atoms with E-state index in [1.807, 2.05) is 24.3 Å². The van der Waals surface area contributed by atoms with Gasteiger partial charge in [0.2, 0.25) is 5.69 Å². The molecule has 166 valence electrons. The average Bonchev–Trinajstić information content (AvgIpc) is 2.83. The van der Waals surface area contributed by atoms with Crippen molar-refractivity contribution >= 4 is 48.9 Å². The van der Waals surface area contributed by atoms with Crippen molar-refractivity contribution in [3.63, 3.8) is 0 Å². The van der Waals surface area contributed by atoms with Gasteiger partial charge in [0.05, 0.1) is 22.5 Å². The lowest BCUT2D eigenvalue weighted by molar-refractivity contribution is 0.602. The molecule has 0 radical (unpaired) electrons. The molecule has 5 aromatic rings. The first kappa shape index (κ1) is 21.8. The molecule has 0 aliphatic carbocycles. The summed E-state index contributed by atoms with van der Waals surface area (Å²) in [4.78, 5) is 21.2. The van der Waals surface area contributed by atoms with E-state index in [0.717, 1.165) is 28.2 Å². The number of rotatable bonds is 3. The van der Waals surface area contributed by atoms with E-state index in [-0.39, 0.29) is 10.5 Å². The monoisotopic (exact) mass is 485 g/mol. The van der Waals surface area contributed by atoms with Gasteiger partial charge in [-0.15, -0.1) is 0 Å². The van der Waals surface area contributed by atoms with E-state index in [2.05, 4.69) is 9.83 Å². The summed E-state index contributed by atoms with van der Waals surface area (Å²) in [5.41, 5.74) is 3.67. The Hall–Kier alpha value is -3.99. The third kappa shape index (κ3) is 3.73. The molecule has 34 heavy (non-hydrogen) atoms. The highest BCUT2D eigenvalue weighted by Crippen LogP contribution is 2.33. The summed E-state index contributed by atoms with van der Waals surface area (Å²) in [5.74, 6) is 0. The second-order valence-electron chi connectivity index (χ2n) is 7.85. The van der Waals surface area contributed by atoms with Gasteiger partial charge in [0.25, 0.3) is 5.56 Å². The zero-order chi connectivity index (χ0) is 24.0. The Kier molecular flexibility index (Phi) is 5.20. The first-order valence-corrected chi connectivity index (χ1v) is 12.5. The average molecular weight is 486 g/mol. The van der Waals surface area contributed by atoms with E-state index in [4.69, 9.17) is 18.2 Å². The number of aromatic nitrogens is 2. The predicted octanol–water partition coefficient (Wildman–Crippen LogP) is 5.81. The van der Waals surface area contributed by atoms with Gasteiger partial charge in [0, 0.05) is 40.0 Å². The van der Waals surface area contributed by atoms with E-state index in [0.29, 0.717) is 27.4 Å². The van der Waals surface area contributed by atoms with Gasteiger partial charge >= 0.3 is 0 Å². The number of halogens is 1. The summed E-state index contributed by atoms with van der Waals surface area (Å²) >= 11 is 6.10. The molecule has 0 aliphatic rings. The van der Waals surface area contributed by atoms with Crippen LogP contribution >= 0.6 is 11.6 Å². The maximum atomic E-state index is 13.0. The molecule has 0 N–H and O–H groups in total. The highest BCUT2D eigenvalue weighted by atomic mass is 35.5. The molecule has 3 aromatic carbocycles. The topological polar surface area (TPSA) is 73.4 Å². The van der Waals surface area contributed by atoms with Crippen LogP contribution in [0.1, 0.15) is 0 Å². The van der Waals surface area contributed by atoms with E-state index >= 15 is 0 Å². The van der Waals surface area contributed by atoms with E-state index in [9.17, 15) is 13.2 Å². The number of pyridine rings is 2. The van der Waals surface area contributed by atoms with Crippen molar-refractivity contribution in [2.75, 3.05) is 6.26 Å². The number of nitrogens with zero attached hydrogens (tertiary/aromatic N) is 3. The van der Waals surface area contributed by atoms with Gasteiger partial charge in [-0.1, -0.05) is 29.8 Å². The van der Waals surface area contributed by atoms with Crippen molar-refractivity contribution in [2.45, 2.75) is 4.90 Å². The van der Waals surface area contributed by atoms with E-state index < -0.39 is 9.84 Å². The van der Waals surface area contributed by atoms with Gasteiger partial charge in [0.1, 0.15) is 0 Å². The van der Waals surface area contributed by atoms with Crippen LogP contribution in [0, 0.1) is 6.57 Å². The fourth-order valence-corrected chi connectivity index (χ4v) is 4.76. The molecule has 0 bridgehead atoms. The highest BCUT2D eigenvalue weighted by Gasteiger charge is 2.13. The number of fused-ring (bicyclic) bond motifs is 3. The third-order valence-corrected chi connectivity index (χ3v) is 7.09. The molecule has 6 nitrogen and oxygen atoms in total. The van der Waals surface area contributed by atoms with Crippen molar-refractivity contribution < 1.29 is 8.42 Å². The Labute approximate surface area is 200 Å². The molecule has 0 saturated heterocycles. The van der Waals surface area contributed by atoms with Gasteiger partial charge in [-0.05, 0) is 59.7 Å². The first-order valence-electron chi connectivity index (χ1n) is 10.2. The fraction of sp³-hybridized carbons (Fsp3) is 0.0385. The Morgan fingerprint density at radius 3 is 2.35 bits per heavy atom. The van der Waals surface area contributed by atoms with Crippen LogP contribution in [0.4, 0.5) is 5.69 Å². The molecule has 0 aliphatic heterocycles. The van der Waals surface area contributed by atoms with Crippen molar-refractivity contribution in [3.05, 3.63) is 106 Å². The van der Waals surface area contributed by atoms with Crippen LogP contribution < -0.4 is 5.56 Å². The summed E-state index contributed by atoms with van der Waals surface area (Å²) < 4.78 is 25.3. The van der Waals surface area contributed by atoms with Gasteiger partial charge < -0.3 is 0 Å². The Balaban J connectivity index is 1.80. The largest absolute Gasteiger partial charge is 0.276 e. The molecule has 0 saturated carbocycles. The summed E-state index contributed by atoms with van der Waals surface area (Å²) in [5, 5.41) is 1.90. The minimum Gasteiger partial charge on any atom is -0.276 e. The molecule has 0 atom stereocenters. The predicted molar refractivity (Wildman–Crippen MR) is 135 cm³/mol. The maximum Gasteiger partial charge on any atom is 0.255 e. The van der Waals surface area contributed by atoms with Crippen molar-refractivity contribution in [1.29, 1.82) is 0 Å². The molecule has 0 spiro atoms. The second-order valence-corrected chi connectivity index (χ2v) is 10.3.